The van der Waals surface area contributed by atoms with Gasteiger partial charge in [-0.25, -0.2) is 4.98 Å². The predicted octanol–water partition coefficient (Wildman–Crippen LogP) is 2.23. The standard InChI is InChI=1S/C17H21N5O2/c1-11-8-22(9-15(23-11)17-20-19-12(2)24-17)10-16-18-13-6-4-5-7-14(13)21(16)3/h4-7,11,15H,8-10H2,1-3H3/t11-,15-/m1/s1. The fourth-order valence-electron chi connectivity index (χ4n) is 3.28. The third-order valence-electron chi connectivity index (χ3n) is 4.40. The first-order chi connectivity index (χ1) is 11.6. The van der Waals surface area contributed by atoms with Crippen molar-refractivity contribution in [3.05, 3.63) is 41.9 Å². The second kappa shape index (κ2) is 5.99. The maximum absolute atomic E-state index is 5.98. The molecule has 0 N–H and O–H groups in total. The zero-order valence-corrected chi connectivity index (χ0v) is 14.1. The molecule has 1 aliphatic rings. The Hall–Kier alpha value is -2.25. The Labute approximate surface area is 140 Å². The van der Waals surface area contributed by atoms with Crippen molar-refractivity contribution < 1.29 is 9.15 Å². The van der Waals surface area contributed by atoms with Gasteiger partial charge in [0, 0.05) is 27.1 Å². The van der Waals surface area contributed by atoms with E-state index in [2.05, 4.69) is 39.7 Å². The van der Waals surface area contributed by atoms with E-state index < -0.39 is 0 Å². The molecule has 0 unspecified atom stereocenters. The van der Waals surface area contributed by atoms with E-state index in [0.717, 1.165) is 36.5 Å². The molecule has 0 bridgehead atoms. The van der Waals surface area contributed by atoms with Crippen LogP contribution >= 0.6 is 0 Å². The molecule has 2 aromatic heterocycles. The largest absolute Gasteiger partial charge is 0.423 e. The number of benzene rings is 1. The number of aryl methyl sites for hydroxylation is 2. The molecule has 1 aromatic carbocycles. The summed E-state index contributed by atoms with van der Waals surface area (Å²) in [5.41, 5.74) is 2.18. The van der Waals surface area contributed by atoms with Crippen molar-refractivity contribution in [1.29, 1.82) is 0 Å². The summed E-state index contributed by atoms with van der Waals surface area (Å²) >= 11 is 0. The van der Waals surface area contributed by atoms with Crippen LogP contribution in [0.1, 0.15) is 30.6 Å². The molecule has 0 saturated carbocycles. The molecule has 1 saturated heterocycles. The number of morpholine rings is 1. The minimum atomic E-state index is -0.190. The molecule has 0 radical (unpaired) electrons. The SMILES string of the molecule is Cc1nnc([C@H]2CN(Cc3nc4ccccc4n3C)C[C@@H](C)O2)o1. The summed E-state index contributed by atoms with van der Waals surface area (Å²) in [4.78, 5) is 7.10. The summed E-state index contributed by atoms with van der Waals surface area (Å²) < 4.78 is 13.7. The number of para-hydroxylation sites is 2. The van der Waals surface area contributed by atoms with Gasteiger partial charge in [-0.05, 0) is 19.1 Å². The van der Waals surface area contributed by atoms with Crippen LogP contribution in [0.2, 0.25) is 0 Å². The highest BCUT2D eigenvalue weighted by molar-refractivity contribution is 5.75. The minimum absolute atomic E-state index is 0.102. The van der Waals surface area contributed by atoms with Crippen molar-refractivity contribution in [3.8, 4) is 0 Å². The number of fused-ring (bicyclic) bond motifs is 1. The monoisotopic (exact) mass is 327 g/mol. The molecule has 126 valence electrons. The van der Waals surface area contributed by atoms with Crippen molar-refractivity contribution in [2.45, 2.75) is 32.6 Å². The maximum Gasteiger partial charge on any atom is 0.246 e. The Morgan fingerprint density at radius 2 is 2.04 bits per heavy atom. The van der Waals surface area contributed by atoms with Crippen molar-refractivity contribution in [1.82, 2.24) is 24.6 Å². The Bertz CT molecular complexity index is 856. The van der Waals surface area contributed by atoms with Gasteiger partial charge in [0.05, 0.1) is 23.7 Å². The third kappa shape index (κ3) is 2.81. The van der Waals surface area contributed by atoms with Gasteiger partial charge in [-0.1, -0.05) is 12.1 Å². The summed E-state index contributed by atoms with van der Waals surface area (Å²) in [6, 6.07) is 8.20. The van der Waals surface area contributed by atoms with E-state index in [4.69, 9.17) is 14.1 Å². The van der Waals surface area contributed by atoms with E-state index in [0.29, 0.717) is 11.8 Å². The molecule has 0 amide bonds. The summed E-state index contributed by atoms with van der Waals surface area (Å²) in [5, 5.41) is 8.02. The number of aromatic nitrogens is 4. The van der Waals surface area contributed by atoms with Crippen molar-refractivity contribution in [2.24, 2.45) is 7.05 Å². The third-order valence-corrected chi connectivity index (χ3v) is 4.40. The normalized spacial score (nSPS) is 22.3. The van der Waals surface area contributed by atoms with Crippen LogP contribution in [0, 0.1) is 6.92 Å². The van der Waals surface area contributed by atoms with E-state index >= 15 is 0 Å². The van der Waals surface area contributed by atoms with E-state index in [-0.39, 0.29) is 12.2 Å². The summed E-state index contributed by atoms with van der Waals surface area (Å²) in [6.45, 7) is 6.20. The zero-order chi connectivity index (χ0) is 16.7. The van der Waals surface area contributed by atoms with Crippen LogP contribution in [-0.4, -0.2) is 43.8 Å². The second-order valence-electron chi connectivity index (χ2n) is 6.36. The molecule has 1 aliphatic heterocycles. The van der Waals surface area contributed by atoms with Crippen LogP contribution in [-0.2, 0) is 18.3 Å². The number of imidazole rings is 1. The fourth-order valence-corrected chi connectivity index (χ4v) is 3.28. The molecule has 2 atom stereocenters. The Morgan fingerprint density at radius 3 is 2.79 bits per heavy atom. The Morgan fingerprint density at radius 1 is 1.21 bits per heavy atom. The summed E-state index contributed by atoms with van der Waals surface area (Å²) in [6.07, 6.45) is -0.0877. The predicted molar refractivity (Wildman–Crippen MR) is 88.3 cm³/mol. The molecule has 0 aliphatic carbocycles. The zero-order valence-electron chi connectivity index (χ0n) is 14.1. The molecule has 3 heterocycles. The van der Waals surface area contributed by atoms with Gasteiger partial charge in [0.15, 0.2) is 0 Å². The quantitative estimate of drug-likeness (QED) is 0.735. The number of hydrogen-bond donors (Lipinski definition) is 0. The van der Waals surface area contributed by atoms with Crippen molar-refractivity contribution in [2.75, 3.05) is 13.1 Å². The van der Waals surface area contributed by atoms with Gasteiger partial charge in [-0.3, -0.25) is 4.90 Å². The summed E-state index contributed by atoms with van der Waals surface area (Å²) in [7, 11) is 2.06. The smallest absolute Gasteiger partial charge is 0.246 e. The maximum atomic E-state index is 5.98. The van der Waals surface area contributed by atoms with Crippen LogP contribution in [0.3, 0.4) is 0 Å². The Balaban J connectivity index is 1.55. The highest BCUT2D eigenvalue weighted by Crippen LogP contribution is 2.25. The lowest BCUT2D eigenvalue weighted by atomic mass is 10.2. The topological polar surface area (TPSA) is 69.2 Å². The number of hydrogen-bond acceptors (Lipinski definition) is 6. The number of ether oxygens (including phenoxy) is 1. The van der Waals surface area contributed by atoms with Crippen LogP contribution < -0.4 is 0 Å². The molecule has 24 heavy (non-hydrogen) atoms. The van der Waals surface area contributed by atoms with E-state index in [1.54, 1.807) is 6.92 Å². The van der Waals surface area contributed by atoms with E-state index in [9.17, 15) is 0 Å². The van der Waals surface area contributed by atoms with Gasteiger partial charge in [-0.2, -0.15) is 0 Å². The number of rotatable bonds is 3. The van der Waals surface area contributed by atoms with Gasteiger partial charge in [0.25, 0.3) is 0 Å². The van der Waals surface area contributed by atoms with Gasteiger partial charge < -0.3 is 13.7 Å². The van der Waals surface area contributed by atoms with E-state index in [1.165, 1.54) is 0 Å². The van der Waals surface area contributed by atoms with Crippen molar-refractivity contribution >= 4 is 11.0 Å². The van der Waals surface area contributed by atoms with Crippen LogP contribution in [0.5, 0.6) is 0 Å². The average molecular weight is 327 g/mol. The first-order valence-electron chi connectivity index (χ1n) is 8.18. The molecule has 0 spiro atoms. The van der Waals surface area contributed by atoms with Gasteiger partial charge in [0.2, 0.25) is 11.8 Å². The molecular weight excluding hydrogens is 306 g/mol. The first-order valence-corrected chi connectivity index (χ1v) is 8.18. The lowest BCUT2D eigenvalue weighted by Crippen LogP contribution is -2.42. The molecular formula is C17H21N5O2. The van der Waals surface area contributed by atoms with Gasteiger partial charge in [0.1, 0.15) is 11.9 Å². The molecule has 4 rings (SSSR count). The molecule has 7 heteroatoms. The fraction of sp³-hybridized carbons (Fsp3) is 0.471. The molecule has 3 aromatic rings. The van der Waals surface area contributed by atoms with Crippen LogP contribution in [0.15, 0.2) is 28.7 Å². The molecule has 1 fully saturated rings. The summed E-state index contributed by atoms with van der Waals surface area (Å²) in [5.74, 6) is 2.16. The van der Waals surface area contributed by atoms with Crippen LogP contribution in [0.4, 0.5) is 0 Å². The van der Waals surface area contributed by atoms with Crippen LogP contribution in [0.25, 0.3) is 11.0 Å². The lowest BCUT2D eigenvalue weighted by molar-refractivity contribution is -0.0924. The second-order valence-corrected chi connectivity index (χ2v) is 6.36. The van der Waals surface area contributed by atoms with E-state index in [1.807, 2.05) is 18.2 Å². The van der Waals surface area contributed by atoms with Gasteiger partial charge in [-0.15, -0.1) is 10.2 Å². The first kappa shape index (κ1) is 15.3. The number of nitrogens with zero attached hydrogens (tertiary/aromatic N) is 5. The highest BCUT2D eigenvalue weighted by Gasteiger charge is 2.30. The Kier molecular flexibility index (Phi) is 3.82. The lowest BCUT2D eigenvalue weighted by Gasteiger charge is -2.34. The highest BCUT2D eigenvalue weighted by atomic mass is 16.5. The molecule has 7 nitrogen and oxygen atoms in total. The minimum Gasteiger partial charge on any atom is -0.423 e. The van der Waals surface area contributed by atoms with Crippen molar-refractivity contribution in [3.63, 3.8) is 0 Å². The average Bonchev–Trinajstić information content (AvgIpc) is 3.12. The van der Waals surface area contributed by atoms with Gasteiger partial charge >= 0.3 is 0 Å².